The molecule has 1 aliphatic heterocycles. The van der Waals surface area contributed by atoms with Gasteiger partial charge in [0.2, 0.25) is 0 Å². The zero-order valence-corrected chi connectivity index (χ0v) is 11.3. The summed E-state index contributed by atoms with van der Waals surface area (Å²) in [6.45, 7) is 4.58. The number of esters is 1. The van der Waals surface area contributed by atoms with Crippen LogP contribution in [-0.2, 0) is 19.0 Å². The van der Waals surface area contributed by atoms with Gasteiger partial charge in [-0.05, 0) is 38.7 Å². The van der Waals surface area contributed by atoms with Gasteiger partial charge in [-0.2, -0.15) is 0 Å². The maximum Gasteiger partial charge on any atom is 0.330 e. The average Bonchev–Trinajstić information content (AvgIpc) is 2.37. The minimum absolute atomic E-state index is 0.0332. The fourth-order valence-corrected chi connectivity index (χ4v) is 1.68. The van der Waals surface area contributed by atoms with Crippen molar-refractivity contribution in [3.05, 3.63) is 23.8 Å². The fourth-order valence-electron chi connectivity index (χ4n) is 1.68. The smallest absolute Gasteiger partial charge is 0.330 e. The van der Waals surface area contributed by atoms with Crippen LogP contribution >= 0.6 is 0 Å². The third kappa shape index (κ3) is 5.98. The summed E-state index contributed by atoms with van der Waals surface area (Å²) in [5.41, 5.74) is 0.835. The first-order valence-corrected chi connectivity index (χ1v) is 6.33. The molecule has 0 aromatic heterocycles. The van der Waals surface area contributed by atoms with E-state index in [-0.39, 0.29) is 18.4 Å². The highest BCUT2D eigenvalue weighted by molar-refractivity contribution is 5.83. The first-order valence-electron chi connectivity index (χ1n) is 6.33. The van der Waals surface area contributed by atoms with Crippen molar-refractivity contribution in [2.45, 2.75) is 45.5 Å². The Kier molecular flexibility index (Phi) is 6.68. The number of hydrogen-bond donors (Lipinski definition) is 0. The van der Waals surface area contributed by atoms with Crippen LogP contribution in [0.5, 0.6) is 0 Å². The molecule has 4 nitrogen and oxygen atoms in total. The summed E-state index contributed by atoms with van der Waals surface area (Å²) in [4.78, 5) is 11.0. The number of carbonyl (C=O) groups is 1. The maximum atomic E-state index is 11.0. The van der Waals surface area contributed by atoms with E-state index in [1.807, 2.05) is 26.0 Å². The van der Waals surface area contributed by atoms with Gasteiger partial charge in [0.05, 0.1) is 13.2 Å². The van der Waals surface area contributed by atoms with Crippen LogP contribution in [-0.4, -0.2) is 32.1 Å². The number of ether oxygens (including phenoxy) is 3. The predicted molar refractivity (Wildman–Crippen MR) is 69.1 cm³/mol. The molecule has 0 N–H and O–H groups in total. The standard InChI is InChI=1S/C14H22O4/c1-11(10-13(15)16-3)7-8-12(2)18-14-6-4-5-9-17-14/h7-8,10,12,14H,4-6,9H2,1-3H3/b8-7+,11-10+. The molecular formula is C14H22O4. The molecule has 1 saturated heterocycles. The molecule has 102 valence electrons. The van der Waals surface area contributed by atoms with Gasteiger partial charge < -0.3 is 14.2 Å². The van der Waals surface area contributed by atoms with Crippen LogP contribution in [0, 0.1) is 0 Å². The van der Waals surface area contributed by atoms with E-state index in [1.54, 1.807) is 0 Å². The van der Waals surface area contributed by atoms with Gasteiger partial charge in [-0.3, -0.25) is 0 Å². The fraction of sp³-hybridized carbons (Fsp3) is 0.643. The Morgan fingerprint density at radius 2 is 2.22 bits per heavy atom. The highest BCUT2D eigenvalue weighted by atomic mass is 16.7. The lowest BCUT2D eigenvalue weighted by Gasteiger charge is -2.24. The lowest BCUT2D eigenvalue weighted by molar-refractivity contribution is -0.174. The molecule has 0 bridgehead atoms. The molecule has 2 atom stereocenters. The molecule has 1 aliphatic rings. The molecule has 0 aliphatic carbocycles. The van der Waals surface area contributed by atoms with E-state index in [4.69, 9.17) is 9.47 Å². The van der Waals surface area contributed by atoms with Crippen LogP contribution < -0.4 is 0 Å². The molecule has 0 saturated carbocycles. The summed E-state index contributed by atoms with van der Waals surface area (Å²) in [5.74, 6) is -0.346. The van der Waals surface area contributed by atoms with Crippen LogP contribution in [0.25, 0.3) is 0 Å². The minimum atomic E-state index is -0.346. The Morgan fingerprint density at radius 1 is 1.44 bits per heavy atom. The van der Waals surface area contributed by atoms with Gasteiger partial charge in [-0.1, -0.05) is 12.2 Å². The molecule has 4 heteroatoms. The number of allylic oxidation sites excluding steroid dienone is 2. The lowest BCUT2D eigenvalue weighted by Crippen LogP contribution is -2.25. The molecule has 18 heavy (non-hydrogen) atoms. The molecule has 0 radical (unpaired) electrons. The molecule has 1 rings (SSSR count). The Labute approximate surface area is 109 Å². The van der Waals surface area contributed by atoms with Crippen molar-refractivity contribution >= 4 is 5.97 Å². The third-order valence-corrected chi connectivity index (χ3v) is 2.68. The molecule has 0 aromatic carbocycles. The summed E-state index contributed by atoms with van der Waals surface area (Å²) in [7, 11) is 1.36. The molecule has 1 heterocycles. The maximum absolute atomic E-state index is 11.0. The second-order valence-corrected chi connectivity index (χ2v) is 4.41. The van der Waals surface area contributed by atoms with Gasteiger partial charge in [0.15, 0.2) is 6.29 Å². The van der Waals surface area contributed by atoms with Gasteiger partial charge >= 0.3 is 5.97 Å². The summed E-state index contributed by atoms with van der Waals surface area (Å²) in [5, 5.41) is 0. The number of hydrogen-bond acceptors (Lipinski definition) is 4. The van der Waals surface area contributed by atoms with Crippen molar-refractivity contribution < 1.29 is 19.0 Å². The number of methoxy groups -OCH3 is 1. The average molecular weight is 254 g/mol. The van der Waals surface area contributed by atoms with E-state index < -0.39 is 0 Å². The van der Waals surface area contributed by atoms with Crippen molar-refractivity contribution in [2.24, 2.45) is 0 Å². The SMILES string of the molecule is COC(=O)/C=C(C)/C=C/C(C)OC1CCCCO1. The van der Waals surface area contributed by atoms with Gasteiger partial charge in [-0.25, -0.2) is 4.79 Å². The van der Waals surface area contributed by atoms with Crippen molar-refractivity contribution in [2.75, 3.05) is 13.7 Å². The van der Waals surface area contributed by atoms with Crippen molar-refractivity contribution in [3.63, 3.8) is 0 Å². The van der Waals surface area contributed by atoms with Crippen LogP contribution in [0.1, 0.15) is 33.1 Å². The quantitative estimate of drug-likeness (QED) is 0.430. The Balaban J connectivity index is 2.36. The topological polar surface area (TPSA) is 44.8 Å². The van der Waals surface area contributed by atoms with Crippen molar-refractivity contribution in [1.82, 2.24) is 0 Å². The minimum Gasteiger partial charge on any atom is -0.466 e. The first-order chi connectivity index (χ1) is 8.61. The first kappa shape index (κ1) is 14.9. The molecule has 0 spiro atoms. The third-order valence-electron chi connectivity index (χ3n) is 2.68. The summed E-state index contributed by atoms with van der Waals surface area (Å²) in [6.07, 6.45) is 8.30. The molecular weight excluding hydrogens is 232 g/mol. The molecule has 2 unspecified atom stereocenters. The van der Waals surface area contributed by atoms with Gasteiger partial charge in [-0.15, -0.1) is 0 Å². The van der Waals surface area contributed by atoms with Gasteiger partial charge in [0.1, 0.15) is 0 Å². The van der Waals surface area contributed by atoms with Crippen LogP contribution in [0.15, 0.2) is 23.8 Å². The summed E-state index contributed by atoms with van der Waals surface area (Å²) in [6, 6.07) is 0. The van der Waals surface area contributed by atoms with Crippen LogP contribution in [0.4, 0.5) is 0 Å². The zero-order valence-electron chi connectivity index (χ0n) is 11.3. The van der Waals surface area contributed by atoms with Crippen LogP contribution in [0.2, 0.25) is 0 Å². The Hall–Kier alpha value is -1.13. The van der Waals surface area contributed by atoms with E-state index in [0.29, 0.717) is 0 Å². The highest BCUT2D eigenvalue weighted by Gasteiger charge is 2.15. The van der Waals surface area contributed by atoms with E-state index in [1.165, 1.54) is 13.2 Å². The second-order valence-electron chi connectivity index (χ2n) is 4.41. The number of carbonyl (C=O) groups excluding carboxylic acids is 1. The van der Waals surface area contributed by atoms with E-state index in [0.717, 1.165) is 31.4 Å². The van der Waals surface area contributed by atoms with Gasteiger partial charge in [0.25, 0.3) is 0 Å². The molecule has 0 amide bonds. The highest BCUT2D eigenvalue weighted by Crippen LogP contribution is 2.15. The lowest BCUT2D eigenvalue weighted by atomic mass is 10.2. The van der Waals surface area contributed by atoms with E-state index in [2.05, 4.69) is 4.74 Å². The summed E-state index contributed by atoms with van der Waals surface area (Å²) >= 11 is 0. The van der Waals surface area contributed by atoms with E-state index >= 15 is 0 Å². The second kappa shape index (κ2) is 8.06. The zero-order chi connectivity index (χ0) is 13.4. The monoisotopic (exact) mass is 254 g/mol. The predicted octanol–water partition coefficient (Wildman–Crippen LogP) is 2.59. The number of rotatable bonds is 5. The normalized spacial score (nSPS) is 23.1. The largest absolute Gasteiger partial charge is 0.466 e. The molecule has 0 aromatic rings. The van der Waals surface area contributed by atoms with E-state index in [9.17, 15) is 4.79 Å². The Morgan fingerprint density at radius 3 is 2.83 bits per heavy atom. The Bertz CT molecular complexity index is 314. The van der Waals surface area contributed by atoms with Crippen LogP contribution in [0.3, 0.4) is 0 Å². The summed E-state index contributed by atoms with van der Waals surface area (Å²) < 4.78 is 15.8. The molecule has 1 fully saturated rings. The van der Waals surface area contributed by atoms with Crippen molar-refractivity contribution in [3.8, 4) is 0 Å². The van der Waals surface area contributed by atoms with Gasteiger partial charge in [0, 0.05) is 12.7 Å². The van der Waals surface area contributed by atoms with Crippen molar-refractivity contribution in [1.29, 1.82) is 0 Å².